The maximum Gasteiger partial charge on any atom is 0.175 e. The first-order chi connectivity index (χ1) is 14.7. The minimum Gasteiger partial charge on any atom is -0.462 e. The van der Waals surface area contributed by atoms with E-state index in [0.717, 1.165) is 43.6 Å². The number of ether oxygens (including phenoxy) is 1. The van der Waals surface area contributed by atoms with Gasteiger partial charge in [0, 0.05) is 30.8 Å². The van der Waals surface area contributed by atoms with Crippen molar-refractivity contribution in [2.45, 2.75) is 49.6 Å². The smallest absolute Gasteiger partial charge is 0.175 e. The first-order valence-corrected chi connectivity index (χ1v) is 12.6. The summed E-state index contributed by atoms with van der Waals surface area (Å²) in [6, 6.07) is 15.7. The first kappa shape index (κ1) is 21.6. The zero-order valence-electron chi connectivity index (χ0n) is 18.0. The number of hydrogen-bond acceptors (Lipinski definition) is 5. The van der Waals surface area contributed by atoms with E-state index in [1.165, 1.54) is 17.4 Å². The molecule has 1 aliphatic carbocycles. The number of rotatable bonds is 5. The molecule has 0 bridgehead atoms. The second kappa shape index (κ2) is 8.49. The molecule has 5 nitrogen and oxygen atoms in total. The van der Waals surface area contributed by atoms with Crippen LogP contribution < -0.4 is 4.74 Å². The second-order valence-electron chi connectivity index (χ2n) is 8.78. The third-order valence-electron chi connectivity index (χ3n) is 6.59. The van der Waals surface area contributed by atoms with Gasteiger partial charge in [-0.1, -0.05) is 12.6 Å². The average molecular weight is 437 g/mol. The van der Waals surface area contributed by atoms with Crippen LogP contribution in [0.25, 0.3) is 0 Å². The van der Waals surface area contributed by atoms with Crippen LogP contribution >= 0.6 is 0 Å². The van der Waals surface area contributed by atoms with Crippen molar-refractivity contribution in [1.82, 2.24) is 4.90 Å². The van der Waals surface area contributed by atoms with Crippen LogP contribution in [0.1, 0.15) is 36.5 Å². The summed E-state index contributed by atoms with van der Waals surface area (Å²) in [4.78, 5) is 2.84. The SMILES string of the molecule is C=C(Oc1ccc(S(C)(=O)=O)cc1)[C@H]1C[C@@H](C)N(C2CCc3ccc(C#N)cc3C2)C1. The number of sulfone groups is 1. The Bertz CT molecular complexity index is 1130. The number of hydrogen-bond donors (Lipinski definition) is 0. The Hall–Kier alpha value is -2.62. The van der Waals surface area contributed by atoms with E-state index in [-0.39, 0.29) is 10.8 Å². The Balaban J connectivity index is 1.40. The van der Waals surface area contributed by atoms with E-state index >= 15 is 0 Å². The molecule has 1 saturated heterocycles. The van der Waals surface area contributed by atoms with E-state index in [4.69, 9.17) is 4.74 Å². The summed E-state index contributed by atoms with van der Waals surface area (Å²) in [5, 5.41) is 9.22. The number of aryl methyl sites for hydroxylation is 1. The molecule has 0 amide bonds. The van der Waals surface area contributed by atoms with Crippen LogP contribution in [0.5, 0.6) is 5.75 Å². The van der Waals surface area contributed by atoms with Crippen molar-refractivity contribution in [2.75, 3.05) is 12.8 Å². The van der Waals surface area contributed by atoms with Crippen molar-refractivity contribution in [3.8, 4) is 11.8 Å². The molecular weight excluding hydrogens is 408 g/mol. The zero-order valence-corrected chi connectivity index (χ0v) is 18.9. The molecule has 1 heterocycles. The van der Waals surface area contributed by atoms with Gasteiger partial charge in [-0.15, -0.1) is 0 Å². The first-order valence-electron chi connectivity index (χ1n) is 10.7. The summed E-state index contributed by atoms with van der Waals surface area (Å²) in [6.45, 7) is 7.33. The van der Waals surface area contributed by atoms with Crippen molar-refractivity contribution in [3.05, 3.63) is 71.5 Å². The molecule has 1 aliphatic heterocycles. The molecule has 4 rings (SSSR count). The lowest BCUT2D eigenvalue weighted by atomic mass is 9.86. The largest absolute Gasteiger partial charge is 0.462 e. The summed E-state index contributed by atoms with van der Waals surface area (Å²) >= 11 is 0. The molecule has 2 aliphatic rings. The van der Waals surface area contributed by atoms with Gasteiger partial charge in [-0.2, -0.15) is 5.26 Å². The molecule has 1 unspecified atom stereocenters. The van der Waals surface area contributed by atoms with Gasteiger partial charge in [-0.05, 0) is 80.1 Å². The van der Waals surface area contributed by atoms with Crippen LogP contribution in [0.3, 0.4) is 0 Å². The van der Waals surface area contributed by atoms with Gasteiger partial charge in [0.05, 0.1) is 16.5 Å². The van der Waals surface area contributed by atoms with Crippen molar-refractivity contribution < 1.29 is 13.2 Å². The lowest BCUT2D eigenvalue weighted by molar-refractivity contribution is 0.169. The van der Waals surface area contributed by atoms with Gasteiger partial charge in [0.1, 0.15) is 11.5 Å². The molecule has 2 aromatic carbocycles. The zero-order chi connectivity index (χ0) is 22.2. The standard InChI is InChI=1S/C25H28N2O3S/c1-17-12-22(18(2)30-24-8-10-25(11-9-24)31(3,28)29)16-27(17)23-7-6-20-5-4-19(15-26)13-21(20)14-23/h4-5,8-11,13,17,22-23H,2,6-7,12,14,16H2,1,3H3/t17-,22+,23?/m1/s1. The van der Waals surface area contributed by atoms with E-state index in [2.05, 4.69) is 30.5 Å². The van der Waals surface area contributed by atoms with E-state index < -0.39 is 9.84 Å². The molecular formula is C25H28N2O3S. The molecule has 6 heteroatoms. The van der Waals surface area contributed by atoms with E-state index in [1.54, 1.807) is 24.3 Å². The summed E-state index contributed by atoms with van der Waals surface area (Å²) in [6.07, 6.45) is 5.32. The van der Waals surface area contributed by atoms with Gasteiger partial charge >= 0.3 is 0 Å². The Morgan fingerprint density at radius 3 is 2.61 bits per heavy atom. The minimum absolute atomic E-state index is 0.233. The van der Waals surface area contributed by atoms with Crippen LogP contribution in [0.15, 0.2) is 59.7 Å². The van der Waals surface area contributed by atoms with Crippen LogP contribution in [-0.4, -0.2) is 38.2 Å². The highest BCUT2D eigenvalue weighted by Gasteiger charge is 2.37. The molecule has 0 N–H and O–H groups in total. The van der Waals surface area contributed by atoms with Gasteiger partial charge in [0.15, 0.2) is 9.84 Å². The highest BCUT2D eigenvalue weighted by Crippen LogP contribution is 2.35. The number of benzene rings is 2. The Labute approximate surface area is 184 Å². The molecule has 0 spiro atoms. The summed E-state index contributed by atoms with van der Waals surface area (Å²) < 4.78 is 29.2. The molecule has 162 valence electrons. The van der Waals surface area contributed by atoms with Crippen LogP contribution in [0, 0.1) is 17.2 Å². The molecule has 1 fully saturated rings. The van der Waals surface area contributed by atoms with Gasteiger partial charge in [0.25, 0.3) is 0 Å². The molecule has 3 atom stereocenters. The number of nitrogens with zero attached hydrogens (tertiary/aromatic N) is 2. The third kappa shape index (κ3) is 4.68. The van der Waals surface area contributed by atoms with Crippen molar-refractivity contribution in [1.29, 1.82) is 5.26 Å². The number of fused-ring (bicyclic) bond motifs is 1. The van der Waals surface area contributed by atoms with Gasteiger partial charge in [0.2, 0.25) is 0 Å². The predicted octanol–water partition coefficient (Wildman–Crippen LogP) is 4.12. The third-order valence-corrected chi connectivity index (χ3v) is 7.71. The molecule has 31 heavy (non-hydrogen) atoms. The van der Waals surface area contributed by atoms with E-state index in [0.29, 0.717) is 17.8 Å². The topological polar surface area (TPSA) is 70.4 Å². The Morgan fingerprint density at radius 1 is 1.19 bits per heavy atom. The predicted molar refractivity (Wildman–Crippen MR) is 121 cm³/mol. The van der Waals surface area contributed by atoms with Crippen molar-refractivity contribution in [2.24, 2.45) is 5.92 Å². The van der Waals surface area contributed by atoms with Gasteiger partial charge < -0.3 is 4.74 Å². The monoisotopic (exact) mass is 436 g/mol. The lowest BCUT2D eigenvalue weighted by Crippen LogP contribution is -2.41. The Morgan fingerprint density at radius 2 is 1.94 bits per heavy atom. The van der Waals surface area contributed by atoms with Crippen molar-refractivity contribution >= 4 is 9.84 Å². The van der Waals surface area contributed by atoms with Crippen LogP contribution in [0.2, 0.25) is 0 Å². The normalized spacial score (nSPS) is 23.7. The van der Waals surface area contributed by atoms with Gasteiger partial charge in [-0.25, -0.2) is 8.42 Å². The fraction of sp³-hybridized carbons (Fsp3) is 0.400. The molecule has 2 aromatic rings. The average Bonchev–Trinajstić information content (AvgIpc) is 3.14. The maximum absolute atomic E-state index is 11.6. The fourth-order valence-corrected chi connectivity index (χ4v) is 5.51. The molecule has 0 aromatic heterocycles. The van der Waals surface area contributed by atoms with Crippen LogP contribution in [0.4, 0.5) is 0 Å². The van der Waals surface area contributed by atoms with Crippen molar-refractivity contribution in [3.63, 3.8) is 0 Å². The van der Waals surface area contributed by atoms with Crippen LogP contribution in [-0.2, 0) is 22.7 Å². The fourth-order valence-electron chi connectivity index (χ4n) is 4.88. The summed E-state index contributed by atoms with van der Waals surface area (Å²) in [5.74, 6) is 1.57. The lowest BCUT2D eigenvalue weighted by Gasteiger charge is -2.35. The summed E-state index contributed by atoms with van der Waals surface area (Å²) in [5.41, 5.74) is 3.39. The quantitative estimate of drug-likeness (QED) is 0.660. The van der Waals surface area contributed by atoms with E-state index in [9.17, 15) is 13.7 Å². The Kier molecular flexibility index (Phi) is 5.92. The summed E-state index contributed by atoms with van der Waals surface area (Å²) in [7, 11) is -3.22. The highest BCUT2D eigenvalue weighted by molar-refractivity contribution is 7.90. The number of nitriles is 1. The van der Waals surface area contributed by atoms with Gasteiger partial charge in [-0.3, -0.25) is 4.90 Å². The highest BCUT2D eigenvalue weighted by atomic mass is 32.2. The molecule has 0 saturated carbocycles. The second-order valence-corrected chi connectivity index (χ2v) is 10.8. The molecule has 0 radical (unpaired) electrons. The minimum atomic E-state index is -3.22. The maximum atomic E-state index is 11.6. The number of likely N-dealkylation sites (tertiary alicyclic amines) is 1. The van der Waals surface area contributed by atoms with E-state index in [1.807, 2.05) is 12.1 Å².